The number of fused-ring (bicyclic) bond motifs is 1. The van der Waals surface area contributed by atoms with E-state index in [1.807, 2.05) is 12.1 Å². The maximum absolute atomic E-state index is 12.5. The molecule has 0 N–H and O–H groups in total. The molecule has 3 heteroatoms. The van der Waals surface area contributed by atoms with E-state index in [1.165, 1.54) is 17.5 Å². The van der Waals surface area contributed by atoms with Crippen molar-refractivity contribution >= 4 is 29.0 Å². The highest BCUT2D eigenvalue weighted by Crippen LogP contribution is 2.27. The topological polar surface area (TPSA) is 17.1 Å². The molecule has 0 heterocycles. The van der Waals surface area contributed by atoms with Crippen molar-refractivity contribution in [3.05, 3.63) is 68.7 Å². The SMILES string of the molecule is O=C(c1ccc2c(c1)CCC2)c1ccc(Cl)cc1Cl. The second-order valence-corrected chi connectivity index (χ2v) is 5.63. The van der Waals surface area contributed by atoms with Gasteiger partial charge in [-0.05, 0) is 54.7 Å². The lowest BCUT2D eigenvalue weighted by Gasteiger charge is -2.06. The largest absolute Gasteiger partial charge is 0.289 e. The van der Waals surface area contributed by atoms with Crippen molar-refractivity contribution in [2.45, 2.75) is 19.3 Å². The van der Waals surface area contributed by atoms with Crippen molar-refractivity contribution in [1.82, 2.24) is 0 Å². The summed E-state index contributed by atoms with van der Waals surface area (Å²) < 4.78 is 0. The minimum Gasteiger partial charge on any atom is -0.289 e. The van der Waals surface area contributed by atoms with Crippen molar-refractivity contribution in [3.63, 3.8) is 0 Å². The monoisotopic (exact) mass is 290 g/mol. The molecule has 0 spiro atoms. The highest BCUT2D eigenvalue weighted by molar-refractivity contribution is 6.37. The zero-order valence-electron chi connectivity index (χ0n) is 10.2. The van der Waals surface area contributed by atoms with E-state index in [9.17, 15) is 4.79 Å². The lowest BCUT2D eigenvalue weighted by atomic mass is 9.99. The Balaban J connectivity index is 2.00. The Morgan fingerprint density at radius 1 is 0.947 bits per heavy atom. The first-order valence-corrected chi connectivity index (χ1v) is 7.02. The second kappa shape index (κ2) is 4.99. The molecule has 1 nitrogen and oxygen atoms in total. The number of halogens is 2. The Morgan fingerprint density at radius 2 is 1.74 bits per heavy atom. The molecule has 1 aliphatic rings. The summed E-state index contributed by atoms with van der Waals surface area (Å²) in [7, 11) is 0. The van der Waals surface area contributed by atoms with E-state index in [-0.39, 0.29) is 5.78 Å². The fraction of sp³-hybridized carbons (Fsp3) is 0.188. The minimum atomic E-state index is -0.0450. The molecule has 0 bridgehead atoms. The van der Waals surface area contributed by atoms with Crippen LogP contribution in [0.15, 0.2) is 36.4 Å². The number of carbonyl (C=O) groups is 1. The lowest BCUT2D eigenvalue weighted by molar-refractivity contribution is 0.103. The van der Waals surface area contributed by atoms with E-state index in [0.29, 0.717) is 21.2 Å². The number of hydrogen-bond donors (Lipinski definition) is 0. The van der Waals surface area contributed by atoms with E-state index in [1.54, 1.807) is 18.2 Å². The lowest BCUT2D eigenvalue weighted by Crippen LogP contribution is -2.03. The number of hydrogen-bond acceptors (Lipinski definition) is 1. The average molecular weight is 291 g/mol. The first kappa shape index (κ1) is 12.7. The van der Waals surface area contributed by atoms with E-state index in [2.05, 4.69) is 6.07 Å². The van der Waals surface area contributed by atoms with Gasteiger partial charge in [0, 0.05) is 16.1 Å². The summed E-state index contributed by atoms with van der Waals surface area (Å²) in [5.41, 5.74) is 3.85. The Hall–Kier alpha value is -1.31. The predicted octanol–water partition coefficient (Wildman–Crippen LogP) is 4.71. The van der Waals surface area contributed by atoms with Gasteiger partial charge in [-0.1, -0.05) is 35.3 Å². The maximum atomic E-state index is 12.5. The molecule has 0 saturated carbocycles. The molecule has 1 aliphatic carbocycles. The minimum absolute atomic E-state index is 0.0450. The molecular weight excluding hydrogens is 279 g/mol. The number of benzene rings is 2. The number of aryl methyl sites for hydroxylation is 2. The van der Waals surface area contributed by atoms with Gasteiger partial charge in [-0.25, -0.2) is 0 Å². The van der Waals surface area contributed by atoms with Crippen LogP contribution in [0.4, 0.5) is 0 Å². The first-order chi connectivity index (χ1) is 9.15. The van der Waals surface area contributed by atoms with Crippen LogP contribution in [0.1, 0.15) is 33.5 Å². The van der Waals surface area contributed by atoms with Gasteiger partial charge in [-0.15, -0.1) is 0 Å². The summed E-state index contributed by atoms with van der Waals surface area (Å²) in [5, 5.41) is 0.938. The smallest absolute Gasteiger partial charge is 0.194 e. The van der Waals surface area contributed by atoms with E-state index >= 15 is 0 Å². The molecule has 0 saturated heterocycles. The molecule has 0 radical (unpaired) electrons. The van der Waals surface area contributed by atoms with Crippen LogP contribution in [0, 0.1) is 0 Å². The molecule has 0 fully saturated rings. The zero-order chi connectivity index (χ0) is 13.4. The van der Waals surface area contributed by atoms with Gasteiger partial charge in [0.15, 0.2) is 5.78 Å². The van der Waals surface area contributed by atoms with Crippen molar-refractivity contribution in [1.29, 1.82) is 0 Å². The first-order valence-electron chi connectivity index (χ1n) is 6.27. The molecular formula is C16H12Cl2O. The quantitative estimate of drug-likeness (QED) is 0.732. The molecule has 0 unspecified atom stereocenters. The van der Waals surface area contributed by atoms with E-state index in [4.69, 9.17) is 23.2 Å². The molecule has 2 aromatic rings. The fourth-order valence-corrected chi connectivity index (χ4v) is 3.04. The normalized spacial score (nSPS) is 13.4. The third kappa shape index (κ3) is 2.41. The van der Waals surface area contributed by atoms with Gasteiger partial charge >= 0.3 is 0 Å². The van der Waals surface area contributed by atoms with Gasteiger partial charge in [0.25, 0.3) is 0 Å². The van der Waals surface area contributed by atoms with Crippen molar-refractivity contribution in [2.75, 3.05) is 0 Å². The third-order valence-electron chi connectivity index (χ3n) is 3.54. The van der Waals surface area contributed by atoms with Crippen LogP contribution < -0.4 is 0 Å². The molecule has 0 amide bonds. The van der Waals surface area contributed by atoms with Gasteiger partial charge in [-0.3, -0.25) is 4.79 Å². The Bertz CT molecular complexity index is 662. The highest BCUT2D eigenvalue weighted by atomic mass is 35.5. The average Bonchev–Trinajstić information content (AvgIpc) is 2.85. The van der Waals surface area contributed by atoms with Crippen LogP contribution in [-0.4, -0.2) is 5.78 Å². The molecule has 19 heavy (non-hydrogen) atoms. The highest BCUT2D eigenvalue weighted by Gasteiger charge is 2.17. The molecule has 0 aliphatic heterocycles. The van der Waals surface area contributed by atoms with Gasteiger partial charge in [0.1, 0.15) is 0 Å². The number of ketones is 1. The summed E-state index contributed by atoms with van der Waals surface area (Å²) in [5.74, 6) is -0.0450. The van der Waals surface area contributed by atoms with E-state index in [0.717, 1.165) is 12.8 Å². The zero-order valence-corrected chi connectivity index (χ0v) is 11.8. The van der Waals surface area contributed by atoms with Crippen LogP contribution in [0.2, 0.25) is 10.0 Å². The van der Waals surface area contributed by atoms with Gasteiger partial charge in [0.2, 0.25) is 0 Å². The van der Waals surface area contributed by atoms with Crippen LogP contribution in [-0.2, 0) is 12.8 Å². The predicted molar refractivity (Wildman–Crippen MR) is 78.4 cm³/mol. The summed E-state index contributed by atoms with van der Waals surface area (Å²) in [4.78, 5) is 12.5. The Morgan fingerprint density at radius 3 is 2.53 bits per heavy atom. The number of carbonyl (C=O) groups excluding carboxylic acids is 1. The summed E-state index contributed by atoms with van der Waals surface area (Å²) >= 11 is 11.9. The van der Waals surface area contributed by atoms with Gasteiger partial charge in [-0.2, -0.15) is 0 Å². The molecule has 3 rings (SSSR count). The van der Waals surface area contributed by atoms with Crippen LogP contribution in [0.3, 0.4) is 0 Å². The van der Waals surface area contributed by atoms with Gasteiger partial charge in [0.05, 0.1) is 5.02 Å². The van der Waals surface area contributed by atoms with Crippen LogP contribution >= 0.6 is 23.2 Å². The molecule has 0 atom stereocenters. The number of rotatable bonds is 2. The van der Waals surface area contributed by atoms with Gasteiger partial charge < -0.3 is 0 Å². The van der Waals surface area contributed by atoms with Crippen molar-refractivity contribution in [3.8, 4) is 0 Å². The van der Waals surface area contributed by atoms with Crippen LogP contribution in [0.5, 0.6) is 0 Å². The maximum Gasteiger partial charge on any atom is 0.194 e. The van der Waals surface area contributed by atoms with Crippen molar-refractivity contribution in [2.24, 2.45) is 0 Å². The van der Waals surface area contributed by atoms with E-state index < -0.39 is 0 Å². The summed E-state index contributed by atoms with van der Waals surface area (Å²) in [6.45, 7) is 0. The standard InChI is InChI=1S/C16H12Cl2O/c17-13-6-7-14(15(18)9-13)16(19)12-5-4-10-2-1-3-11(10)8-12/h4-9H,1-3H2. The fourth-order valence-electron chi connectivity index (χ4n) is 2.54. The Kier molecular flexibility index (Phi) is 3.34. The third-order valence-corrected chi connectivity index (χ3v) is 4.08. The Labute approximate surface area is 122 Å². The van der Waals surface area contributed by atoms with Crippen LogP contribution in [0.25, 0.3) is 0 Å². The molecule has 2 aromatic carbocycles. The van der Waals surface area contributed by atoms with Crippen molar-refractivity contribution < 1.29 is 4.79 Å². The molecule has 96 valence electrons. The molecule has 0 aromatic heterocycles. The second-order valence-electron chi connectivity index (χ2n) is 4.79. The summed E-state index contributed by atoms with van der Waals surface area (Å²) in [6.07, 6.45) is 3.35. The summed E-state index contributed by atoms with van der Waals surface area (Å²) in [6, 6.07) is 10.9.